The van der Waals surface area contributed by atoms with Crippen LogP contribution < -0.4 is 0 Å². The molecule has 2 aliphatic rings. The number of carbonyl (C=O) groups is 1. The maximum absolute atomic E-state index is 11.5. The Morgan fingerprint density at radius 3 is 2.89 bits per heavy atom. The second-order valence-electron chi connectivity index (χ2n) is 5.48. The number of aromatic carboxylic acids is 1. The zero-order chi connectivity index (χ0) is 13.0. The predicted octanol–water partition coefficient (Wildman–Crippen LogP) is 2.83. The molecule has 1 saturated carbocycles. The van der Waals surface area contributed by atoms with E-state index in [-0.39, 0.29) is 5.69 Å². The van der Waals surface area contributed by atoms with Crippen LogP contribution in [0.1, 0.15) is 46.0 Å². The molecule has 4 nitrogen and oxygen atoms in total. The molecule has 2 aliphatic carbocycles. The molecule has 4 rings (SSSR count). The molecule has 2 aromatic rings. The first kappa shape index (κ1) is 11.3. The van der Waals surface area contributed by atoms with Crippen molar-refractivity contribution < 1.29 is 9.90 Å². The van der Waals surface area contributed by atoms with Gasteiger partial charge in [0, 0.05) is 16.7 Å². The van der Waals surface area contributed by atoms with Crippen LogP contribution in [-0.4, -0.2) is 21.0 Å². The molecule has 0 aromatic carbocycles. The van der Waals surface area contributed by atoms with E-state index in [1.165, 1.54) is 23.3 Å². The molecular formula is C14H14N2O2S. The third kappa shape index (κ3) is 1.84. The van der Waals surface area contributed by atoms with Crippen molar-refractivity contribution in [2.24, 2.45) is 5.92 Å². The Morgan fingerprint density at radius 1 is 1.32 bits per heavy atom. The lowest BCUT2D eigenvalue weighted by atomic mass is 10.1. The molecule has 0 radical (unpaired) electrons. The molecule has 0 amide bonds. The average molecular weight is 274 g/mol. The van der Waals surface area contributed by atoms with Crippen LogP contribution in [0.25, 0.3) is 10.2 Å². The third-order valence-electron chi connectivity index (χ3n) is 3.98. The van der Waals surface area contributed by atoms with E-state index >= 15 is 0 Å². The van der Waals surface area contributed by atoms with E-state index in [4.69, 9.17) is 0 Å². The van der Waals surface area contributed by atoms with Crippen molar-refractivity contribution in [2.45, 2.75) is 38.5 Å². The summed E-state index contributed by atoms with van der Waals surface area (Å²) in [5, 5.41) is 10.2. The number of thiophene rings is 1. The lowest BCUT2D eigenvalue weighted by molar-refractivity contribution is 0.0692. The minimum atomic E-state index is -0.919. The number of fused-ring (bicyclic) bond motifs is 3. The van der Waals surface area contributed by atoms with Crippen molar-refractivity contribution in [1.82, 2.24) is 9.97 Å². The number of aromatic nitrogens is 2. The van der Waals surface area contributed by atoms with Gasteiger partial charge in [0.25, 0.3) is 0 Å². The molecule has 98 valence electrons. The highest BCUT2D eigenvalue weighted by Gasteiger charge is 2.27. The standard InChI is InChI=1S/C14H14N2O2S/c17-14(18)12-11-8-2-1-3-9(8)19-13(11)16-10(15-12)6-7-4-5-7/h7H,1-6H2,(H,17,18). The number of carboxylic acid groups (broad SMARTS) is 1. The Bertz CT molecular complexity index is 688. The second kappa shape index (κ2) is 4.00. The Labute approximate surface area is 114 Å². The van der Waals surface area contributed by atoms with Crippen molar-refractivity contribution in [3.8, 4) is 0 Å². The lowest BCUT2D eigenvalue weighted by Gasteiger charge is -2.03. The van der Waals surface area contributed by atoms with E-state index in [9.17, 15) is 9.90 Å². The van der Waals surface area contributed by atoms with Gasteiger partial charge in [-0.3, -0.25) is 0 Å². The number of hydrogen-bond donors (Lipinski definition) is 1. The molecule has 0 unspecified atom stereocenters. The average Bonchev–Trinajstić information content (AvgIpc) is 2.94. The first-order valence-electron chi connectivity index (χ1n) is 6.77. The van der Waals surface area contributed by atoms with Crippen LogP contribution in [0.4, 0.5) is 0 Å². The summed E-state index contributed by atoms with van der Waals surface area (Å²) >= 11 is 1.67. The number of carboxylic acids is 1. The molecule has 2 heterocycles. The minimum Gasteiger partial charge on any atom is -0.476 e. The van der Waals surface area contributed by atoms with Crippen molar-refractivity contribution in [2.75, 3.05) is 0 Å². The molecule has 0 spiro atoms. The Hall–Kier alpha value is -1.49. The fraction of sp³-hybridized carbons (Fsp3) is 0.500. The van der Waals surface area contributed by atoms with Crippen LogP contribution in [0.15, 0.2) is 0 Å². The highest BCUT2D eigenvalue weighted by atomic mass is 32.1. The van der Waals surface area contributed by atoms with E-state index in [1.807, 2.05) is 0 Å². The fourth-order valence-electron chi connectivity index (χ4n) is 2.87. The summed E-state index contributed by atoms with van der Waals surface area (Å²) in [7, 11) is 0. The lowest BCUT2D eigenvalue weighted by Crippen LogP contribution is -2.07. The van der Waals surface area contributed by atoms with Crippen LogP contribution >= 0.6 is 11.3 Å². The Balaban J connectivity index is 1.92. The smallest absolute Gasteiger partial charge is 0.355 e. The van der Waals surface area contributed by atoms with Crippen molar-refractivity contribution in [3.63, 3.8) is 0 Å². The largest absolute Gasteiger partial charge is 0.476 e. The summed E-state index contributed by atoms with van der Waals surface area (Å²) in [6, 6.07) is 0. The summed E-state index contributed by atoms with van der Waals surface area (Å²) in [4.78, 5) is 22.6. The zero-order valence-corrected chi connectivity index (χ0v) is 11.3. The van der Waals surface area contributed by atoms with Gasteiger partial charge in [0.1, 0.15) is 10.7 Å². The van der Waals surface area contributed by atoms with E-state index in [0.29, 0.717) is 11.7 Å². The van der Waals surface area contributed by atoms with E-state index in [2.05, 4.69) is 9.97 Å². The summed E-state index contributed by atoms with van der Waals surface area (Å²) in [5.74, 6) is 0.468. The number of rotatable bonds is 3. The van der Waals surface area contributed by atoms with E-state index < -0.39 is 5.97 Å². The van der Waals surface area contributed by atoms with E-state index in [0.717, 1.165) is 35.9 Å². The van der Waals surface area contributed by atoms with Gasteiger partial charge >= 0.3 is 5.97 Å². The SMILES string of the molecule is O=C(O)c1nc(CC2CC2)nc2sc3c(c12)CCC3. The van der Waals surface area contributed by atoms with Crippen molar-refractivity contribution in [3.05, 3.63) is 22.0 Å². The topological polar surface area (TPSA) is 63.1 Å². The molecule has 0 aliphatic heterocycles. The molecule has 1 N–H and O–H groups in total. The van der Waals surface area contributed by atoms with Crippen molar-refractivity contribution >= 4 is 27.5 Å². The normalized spacial score (nSPS) is 17.9. The molecular weight excluding hydrogens is 260 g/mol. The summed E-state index contributed by atoms with van der Waals surface area (Å²) < 4.78 is 0. The minimum absolute atomic E-state index is 0.222. The molecule has 0 bridgehead atoms. The highest BCUT2D eigenvalue weighted by Crippen LogP contribution is 2.38. The predicted molar refractivity (Wildman–Crippen MR) is 72.8 cm³/mol. The first-order chi connectivity index (χ1) is 9.22. The Morgan fingerprint density at radius 2 is 2.16 bits per heavy atom. The van der Waals surface area contributed by atoms with Crippen LogP contribution in [-0.2, 0) is 19.3 Å². The zero-order valence-electron chi connectivity index (χ0n) is 10.5. The van der Waals surface area contributed by atoms with Gasteiger partial charge in [0.2, 0.25) is 0 Å². The monoisotopic (exact) mass is 274 g/mol. The van der Waals surface area contributed by atoms with Crippen LogP contribution in [0.5, 0.6) is 0 Å². The van der Waals surface area contributed by atoms with Crippen LogP contribution in [0.2, 0.25) is 0 Å². The van der Waals surface area contributed by atoms with Gasteiger partial charge in [-0.05, 0) is 43.6 Å². The summed E-state index contributed by atoms with van der Waals surface area (Å²) in [5.41, 5.74) is 1.41. The van der Waals surface area contributed by atoms with E-state index in [1.54, 1.807) is 11.3 Å². The second-order valence-corrected chi connectivity index (χ2v) is 6.56. The van der Waals surface area contributed by atoms with Gasteiger partial charge in [0.05, 0.1) is 0 Å². The maximum atomic E-state index is 11.5. The Kier molecular flexibility index (Phi) is 2.39. The number of hydrogen-bond acceptors (Lipinski definition) is 4. The molecule has 0 atom stereocenters. The van der Waals surface area contributed by atoms with Crippen LogP contribution in [0.3, 0.4) is 0 Å². The quantitative estimate of drug-likeness (QED) is 0.934. The molecule has 1 fully saturated rings. The van der Waals surface area contributed by atoms with Crippen LogP contribution in [0, 0.1) is 5.92 Å². The molecule has 5 heteroatoms. The maximum Gasteiger partial charge on any atom is 0.355 e. The third-order valence-corrected chi connectivity index (χ3v) is 5.17. The first-order valence-corrected chi connectivity index (χ1v) is 7.58. The summed E-state index contributed by atoms with van der Waals surface area (Å²) in [6.45, 7) is 0. The molecule has 19 heavy (non-hydrogen) atoms. The van der Waals surface area contributed by atoms with Gasteiger partial charge in [-0.25, -0.2) is 14.8 Å². The molecule has 2 aromatic heterocycles. The summed E-state index contributed by atoms with van der Waals surface area (Å²) in [6.07, 6.45) is 6.45. The highest BCUT2D eigenvalue weighted by molar-refractivity contribution is 7.19. The fourth-order valence-corrected chi connectivity index (χ4v) is 4.15. The van der Waals surface area contributed by atoms with Crippen molar-refractivity contribution in [1.29, 1.82) is 0 Å². The van der Waals surface area contributed by atoms with Gasteiger partial charge in [-0.1, -0.05) is 0 Å². The number of aryl methyl sites for hydroxylation is 2. The molecule has 0 saturated heterocycles. The van der Waals surface area contributed by atoms with Gasteiger partial charge < -0.3 is 5.11 Å². The number of nitrogens with zero attached hydrogens (tertiary/aromatic N) is 2. The van der Waals surface area contributed by atoms with Gasteiger partial charge in [-0.2, -0.15) is 0 Å². The van der Waals surface area contributed by atoms with Gasteiger partial charge in [-0.15, -0.1) is 11.3 Å². The van der Waals surface area contributed by atoms with Gasteiger partial charge in [0.15, 0.2) is 5.69 Å².